The van der Waals surface area contributed by atoms with Gasteiger partial charge in [-0.05, 0) is 36.5 Å². The third-order valence-electron chi connectivity index (χ3n) is 3.70. The van der Waals surface area contributed by atoms with E-state index in [9.17, 15) is 0 Å². The van der Waals surface area contributed by atoms with Crippen LogP contribution in [0.4, 0.5) is 0 Å². The fourth-order valence-corrected chi connectivity index (χ4v) is 3.79. The molecule has 0 spiro atoms. The molecule has 2 rings (SSSR count). The molecule has 3 heteroatoms. The molecule has 1 aromatic rings. The van der Waals surface area contributed by atoms with Gasteiger partial charge in [-0.25, -0.2) is 0 Å². The number of ether oxygens (including phenoxy) is 1. The third-order valence-corrected chi connectivity index (χ3v) is 5.06. The minimum Gasteiger partial charge on any atom is -0.497 e. The molecule has 2 N–H and O–H groups in total. The van der Waals surface area contributed by atoms with Crippen molar-refractivity contribution in [2.45, 2.75) is 42.9 Å². The molecule has 2 nitrogen and oxygen atoms in total. The zero-order valence-electron chi connectivity index (χ0n) is 10.8. The Morgan fingerprint density at radius 2 is 2.18 bits per heavy atom. The summed E-state index contributed by atoms with van der Waals surface area (Å²) in [6, 6.07) is 8.50. The molecule has 0 aliphatic heterocycles. The van der Waals surface area contributed by atoms with E-state index < -0.39 is 0 Å². The lowest BCUT2D eigenvalue weighted by molar-refractivity contribution is 0.334. The van der Waals surface area contributed by atoms with Crippen LogP contribution in [0.5, 0.6) is 5.75 Å². The second kappa shape index (κ2) is 4.91. The first kappa shape index (κ1) is 12.8. The smallest absolute Gasteiger partial charge is 0.119 e. The summed E-state index contributed by atoms with van der Waals surface area (Å²) in [7, 11) is 1.70. The predicted octanol–water partition coefficient (Wildman–Crippen LogP) is 3.30. The van der Waals surface area contributed by atoms with E-state index in [0.29, 0.717) is 5.25 Å². The van der Waals surface area contributed by atoms with E-state index in [-0.39, 0.29) is 11.5 Å². The Hall–Kier alpha value is -0.670. The molecule has 0 bridgehead atoms. The molecule has 0 heterocycles. The minimum atomic E-state index is 0.274. The van der Waals surface area contributed by atoms with Crippen molar-refractivity contribution in [1.29, 1.82) is 0 Å². The number of rotatable bonds is 3. The molecule has 0 radical (unpaired) electrons. The zero-order chi connectivity index (χ0) is 12.5. The van der Waals surface area contributed by atoms with Crippen molar-refractivity contribution in [1.82, 2.24) is 0 Å². The van der Waals surface area contributed by atoms with Gasteiger partial charge in [0.2, 0.25) is 0 Å². The molecule has 1 aromatic carbocycles. The highest BCUT2D eigenvalue weighted by atomic mass is 32.2. The molecule has 2 unspecified atom stereocenters. The topological polar surface area (TPSA) is 35.2 Å². The van der Waals surface area contributed by atoms with Gasteiger partial charge in [0.25, 0.3) is 0 Å². The van der Waals surface area contributed by atoms with Gasteiger partial charge in [0.15, 0.2) is 0 Å². The maximum atomic E-state index is 6.32. The van der Waals surface area contributed by atoms with Crippen LogP contribution in [-0.4, -0.2) is 18.4 Å². The molecule has 1 aliphatic carbocycles. The van der Waals surface area contributed by atoms with Crippen molar-refractivity contribution in [3.63, 3.8) is 0 Å². The van der Waals surface area contributed by atoms with Crippen LogP contribution in [0.2, 0.25) is 0 Å². The molecule has 17 heavy (non-hydrogen) atoms. The fraction of sp³-hybridized carbons (Fsp3) is 0.571. The molecule has 0 saturated heterocycles. The van der Waals surface area contributed by atoms with E-state index in [4.69, 9.17) is 10.5 Å². The first-order chi connectivity index (χ1) is 8.03. The van der Waals surface area contributed by atoms with Crippen LogP contribution < -0.4 is 10.5 Å². The normalized spacial score (nSPS) is 27.1. The Balaban J connectivity index is 2.06. The number of nitrogens with two attached hydrogens (primary N) is 1. The van der Waals surface area contributed by atoms with Gasteiger partial charge in [-0.2, -0.15) is 0 Å². The second-order valence-corrected chi connectivity index (χ2v) is 6.70. The Labute approximate surface area is 108 Å². The van der Waals surface area contributed by atoms with Gasteiger partial charge >= 0.3 is 0 Å². The lowest BCUT2D eigenvalue weighted by atomic mass is 9.88. The Morgan fingerprint density at radius 3 is 2.76 bits per heavy atom. The summed E-state index contributed by atoms with van der Waals surface area (Å²) in [6.45, 7) is 4.54. The van der Waals surface area contributed by atoms with Crippen molar-refractivity contribution in [3.05, 3.63) is 24.3 Å². The monoisotopic (exact) mass is 251 g/mol. The lowest BCUT2D eigenvalue weighted by Gasteiger charge is -2.26. The van der Waals surface area contributed by atoms with E-state index in [1.807, 2.05) is 23.9 Å². The Morgan fingerprint density at radius 1 is 1.41 bits per heavy atom. The summed E-state index contributed by atoms with van der Waals surface area (Å²) in [5, 5.41) is 0.525. The SMILES string of the molecule is COc1cccc(SC2CCC(C)(C)C2N)c1. The standard InChI is InChI=1S/C14H21NOS/c1-14(2)8-7-12(13(14)15)17-11-6-4-5-10(9-11)16-3/h4-6,9,12-13H,7-8,15H2,1-3H3. The van der Waals surface area contributed by atoms with Gasteiger partial charge in [-0.15, -0.1) is 11.8 Å². The van der Waals surface area contributed by atoms with Gasteiger partial charge < -0.3 is 10.5 Å². The van der Waals surface area contributed by atoms with Crippen molar-refractivity contribution >= 4 is 11.8 Å². The number of benzene rings is 1. The van der Waals surface area contributed by atoms with E-state index in [0.717, 1.165) is 5.75 Å². The molecule has 1 fully saturated rings. The van der Waals surface area contributed by atoms with Crippen LogP contribution in [0.1, 0.15) is 26.7 Å². The van der Waals surface area contributed by atoms with Gasteiger partial charge in [0, 0.05) is 16.2 Å². The van der Waals surface area contributed by atoms with Crippen LogP contribution in [0, 0.1) is 5.41 Å². The highest BCUT2D eigenvalue weighted by molar-refractivity contribution is 8.00. The number of hydrogen-bond donors (Lipinski definition) is 1. The third kappa shape index (κ3) is 2.78. The number of hydrogen-bond acceptors (Lipinski definition) is 3. The van der Waals surface area contributed by atoms with Crippen LogP contribution in [0.3, 0.4) is 0 Å². The molecule has 94 valence electrons. The molecule has 1 aliphatic rings. The fourth-order valence-electron chi connectivity index (χ4n) is 2.35. The van der Waals surface area contributed by atoms with Crippen molar-refractivity contribution < 1.29 is 4.74 Å². The lowest BCUT2D eigenvalue weighted by Crippen LogP contribution is -2.38. The maximum Gasteiger partial charge on any atom is 0.119 e. The summed E-state index contributed by atoms with van der Waals surface area (Å²) < 4.78 is 5.24. The molecular formula is C14H21NOS. The maximum absolute atomic E-state index is 6.32. The number of methoxy groups -OCH3 is 1. The van der Waals surface area contributed by atoms with Crippen molar-refractivity contribution in [2.24, 2.45) is 11.1 Å². The molecule has 0 amide bonds. The quantitative estimate of drug-likeness (QED) is 0.895. The minimum absolute atomic E-state index is 0.274. The molecule has 0 aromatic heterocycles. The largest absolute Gasteiger partial charge is 0.497 e. The Kier molecular flexibility index (Phi) is 3.69. The van der Waals surface area contributed by atoms with Crippen LogP contribution in [0.15, 0.2) is 29.2 Å². The zero-order valence-corrected chi connectivity index (χ0v) is 11.6. The average Bonchev–Trinajstić information content (AvgIpc) is 2.57. The van der Waals surface area contributed by atoms with Crippen LogP contribution in [-0.2, 0) is 0 Å². The summed E-state index contributed by atoms with van der Waals surface area (Å²) in [5.74, 6) is 0.917. The van der Waals surface area contributed by atoms with Crippen molar-refractivity contribution in [2.75, 3.05) is 7.11 Å². The van der Waals surface area contributed by atoms with Crippen molar-refractivity contribution in [3.8, 4) is 5.75 Å². The summed E-state index contributed by atoms with van der Waals surface area (Å²) >= 11 is 1.89. The van der Waals surface area contributed by atoms with Crippen LogP contribution in [0.25, 0.3) is 0 Å². The highest BCUT2D eigenvalue weighted by Gasteiger charge is 2.39. The molecular weight excluding hydrogens is 230 g/mol. The number of thioether (sulfide) groups is 1. The summed E-state index contributed by atoms with van der Waals surface area (Å²) in [5.41, 5.74) is 6.60. The first-order valence-corrected chi connectivity index (χ1v) is 6.97. The van der Waals surface area contributed by atoms with Gasteiger partial charge in [-0.3, -0.25) is 0 Å². The van der Waals surface area contributed by atoms with E-state index in [2.05, 4.69) is 26.0 Å². The highest BCUT2D eigenvalue weighted by Crippen LogP contribution is 2.44. The summed E-state index contributed by atoms with van der Waals surface area (Å²) in [6.07, 6.45) is 2.42. The Bertz CT molecular complexity index is 392. The molecule has 1 saturated carbocycles. The predicted molar refractivity (Wildman–Crippen MR) is 73.6 cm³/mol. The van der Waals surface area contributed by atoms with Gasteiger partial charge in [-0.1, -0.05) is 19.9 Å². The summed E-state index contributed by atoms with van der Waals surface area (Å²) in [4.78, 5) is 1.25. The van der Waals surface area contributed by atoms with E-state index in [1.54, 1.807) is 7.11 Å². The average molecular weight is 251 g/mol. The van der Waals surface area contributed by atoms with Gasteiger partial charge in [0.05, 0.1) is 7.11 Å². The second-order valence-electron chi connectivity index (χ2n) is 5.39. The molecule has 2 atom stereocenters. The first-order valence-electron chi connectivity index (χ1n) is 6.09. The van der Waals surface area contributed by atoms with E-state index in [1.165, 1.54) is 17.7 Å². The van der Waals surface area contributed by atoms with Gasteiger partial charge in [0.1, 0.15) is 5.75 Å². The van der Waals surface area contributed by atoms with Crippen LogP contribution >= 0.6 is 11.8 Å². The van der Waals surface area contributed by atoms with E-state index >= 15 is 0 Å².